The molecule has 0 amide bonds. The number of hydrogen-bond acceptors (Lipinski definition) is 6. The van der Waals surface area contributed by atoms with Gasteiger partial charge in [0.2, 0.25) is 0 Å². The molecule has 0 fully saturated rings. The second kappa shape index (κ2) is 60.7. The van der Waals surface area contributed by atoms with Crippen molar-refractivity contribution in [3.05, 3.63) is 60.8 Å². The molecule has 418 valence electrons. The van der Waals surface area contributed by atoms with Crippen LogP contribution in [-0.2, 0) is 28.6 Å². The van der Waals surface area contributed by atoms with Gasteiger partial charge in [0.05, 0.1) is 0 Å². The molecule has 0 aromatic heterocycles. The van der Waals surface area contributed by atoms with E-state index in [1.165, 1.54) is 199 Å². The molecule has 0 aliphatic carbocycles. The molecular formula is C66H118O6. The van der Waals surface area contributed by atoms with E-state index in [4.69, 9.17) is 14.2 Å². The van der Waals surface area contributed by atoms with E-state index in [-0.39, 0.29) is 37.5 Å². The number of rotatable bonds is 57. The summed E-state index contributed by atoms with van der Waals surface area (Å²) in [6, 6.07) is 0. The Labute approximate surface area is 447 Å². The van der Waals surface area contributed by atoms with Crippen molar-refractivity contribution < 1.29 is 28.6 Å². The molecule has 0 aliphatic heterocycles. The summed E-state index contributed by atoms with van der Waals surface area (Å²) in [4.78, 5) is 38.2. The average molecular weight is 1010 g/mol. The van der Waals surface area contributed by atoms with Gasteiger partial charge in [-0.15, -0.1) is 0 Å². The van der Waals surface area contributed by atoms with Gasteiger partial charge in [-0.2, -0.15) is 0 Å². The first-order chi connectivity index (χ1) is 35.5. The number of ether oxygens (including phenoxy) is 3. The molecule has 72 heavy (non-hydrogen) atoms. The highest BCUT2D eigenvalue weighted by atomic mass is 16.6. The van der Waals surface area contributed by atoms with Crippen LogP contribution in [0.2, 0.25) is 0 Å². The molecule has 0 aromatic rings. The summed E-state index contributed by atoms with van der Waals surface area (Å²) in [5, 5.41) is 0. The predicted octanol–water partition coefficient (Wildman–Crippen LogP) is 21.2. The largest absolute Gasteiger partial charge is 0.462 e. The fourth-order valence-electron chi connectivity index (χ4n) is 9.10. The topological polar surface area (TPSA) is 78.9 Å². The van der Waals surface area contributed by atoms with Gasteiger partial charge in [0.15, 0.2) is 6.10 Å². The summed E-state index contributed by atoms with van der Waals surface area (Å²) < 4.78 is 16.8. The second-order valence-corrected chi connectivity index (χ2v) is 20.9. The zero-order valence-corrected chi connectivity index (χ0v) is 47.9. The second-order valence-electron chi connectivity index (χ2n) is 20.9. The van der Waals surface area contributed by atoms with E-state index in [1.54, 1.807) is 0 Å². The molecule has 0 N–H and O–H groups in total. The van der Waals surface area contributed by atoms with E-state index >= 15 is 0 Å². The average Bonchev–Trinajstić information content (AvgIpc) is 3.38. The van der Waals surface area contributed by atoms with E-state index in [0.29, 0.717) is 19.3 Å². The molecule has 0 aromatic carbocycles. The maximum Gasteiger partial charge on any atom is 0.306 e. The summed E-state index contributed by atoms with van der Waals surface area (Å²) in [5.41, 5.74) is 0. The van der Waals surface area contributed by atoms with Gasteiger partial charge in [-0.25, -0.2) is 0 Å². The zero-order chi connectivity index (χ0) is 52.2. The number of carbonyl (C=O) groups excluding carboxylic acids is 3. The highest BCUT2D eigenvalue weighted by Gasteiger charge is 2.19. The van der Waals surface area contributed by atoms with Gasteiger partial charge in [-0.05, 0) is 70.6 Å². The third-order valence-corrected chi connectivity index (χ3v) is 13.8. The summed E-state index contributed by atoms with van der Waals surface area (Å²) in [5.74, 6) is -0.975. The van der Waals surface area contributed by atoms with Crippen molar-refractivity contribution in [2.45, 2.75) is 329 Å². The van der Waals surface area contributed by atoms with Crippen LogP contribution in [0.3, 0.4) is 0 Å². The van der Waals surface area contributed by atoms with Gasteiger partial charge < -0.3 is 14.2 Å². The van der Waals surface area contributed by atoms with Crippen molar-refractivity contribution in [3.8, 4) is 0 Å². The Morgan fingerprint density at radius 1 is 0.292 bits per heavy atom. The third kappa shape index (κ3) is 58.0. The monoisotopic (exact) mass is 1010 g/mol. The van der Waals surface area contributed by atoms with Crippen molar-refractivity contribution in [1.29, 1.82) is 0 Å². The normalized spacial score (nSPS) is 12.4. The van der Waals surface area contributed by atoms with E-state index in [1.807, 2.05) is 6.08 Å². The van der Waals surface area contributed by atoms with Crippen molar-refractivity contribution in [3.63, 3.8) is 0 Å². The van der Waals surface area contributed by atoms with Crippen LogP contribution in [0.25, 0.3) is 0 Å². The molecule has 0 saturated carbocycles. The SMILES string of the molecule is CC/C=C\C/C=C\C/C=C\C/C=C\CCC(=O)OCC(COC(=O)CCCCCCCCCCCCCCCCCCCCCCCCCCC)OC(=O)CCCCCCC/C=C\CCCCCCCCC. The molecule has 0 heterocycles. The van der Waals surface area contributed by atoms with Gasteiger partial charge >= 0.3 is 17.9 Å². The molecule has 0 spiro atoms. The van der Waals surface area contributed by atoms with Crippen LogP contribution in [-0.4, -0.2) is 37.2 Å². The lowest BCUT2D eigenvalue weighted by Gasteiger charge is -2.18. The van der Waals surface area contributed by atoms with Crippen LogP contribution in [0.5, 0.6) is 0 Å². The van der Waals surface area contributed by atoms with E-state index in [0.717, 1.165) is 77.0 Å². The smallest absolute Gasteiger partial charge is 0.306 e. The van der Waals surface area contributed by atoms with Crippen molar-refractivity contribution in [2.75, 3.05) is 13.2 Å². The van der Waals surface area contributed by atoms with Crippen LogP contribution in [0, 0.1) is 0 Å². The summed E-state index contributed by atoms with van der Waals surface area (Å²) in [6.07, 6.45) is 76.8. The lowest BCUT2D eigenvalue weighted by atomic mass is 10.0. The molecular weight excluding hydrogens is 889 g/mol. The predicted molar refractivity (Wildman–Crippen MR) is 312 cm³/mol. The molecule has 0 radical (unpaired) electrons. The van der Waals surface area contributed by atoms with Gasteiger partial charge in [0.25, 0.3) is 0 Å². The molecule has 1 atom stereocenters. The lowest BCUT2D eigenvalue weighted by molar-refractivity contribution is -0.166. The molecule has 1 unspecified atom stereocenters. The van der Waals surface area contributed by atoms with Crippen molar-refractivity contribution in [1.82, 2.24) is 0 Å². The molecule has 0 aliphatic rings. The third-order valence-electron chi connectivity index (χ3n) is 13.8. The summed E-state index contributed by atoms with van der Waals surface area (Å²) in [7, 11) is 0. The Bertz CT molecular complexity index is 1290. The van der Waals surface area contributed by atoms with Crippen LogP contribution in [0.15, 0.2) is 60.8 Å². The Kier molecular flexibility index (Phi) is 58.2. The van der Waals surface area contributed by atoms with Crippen LogP contribution in [0.4, 0.5) is 0 Å². The van der Waals surface area contributed by atoms with E-state index in [2.05, 4.69) is 75.5 Å². The van der Waals surface area contributed by atoms with Gasteiger partial charge in [0, 0.05) is 19.3 Å². The lowest BCUT2D eigenvalue weighted by Crippen LogP contribution is -2.30. The fraction of sp³-hybridized carbons (Fsp3) is 0.803. The maximum atomic E-state index is 12.9. The van der Waals surface area contributed by atoms with Gasteiger partial charge in [0.1, 0.15) is 13.2 Å². The molecule has 0 rings (SSSR count). The number of allylic oxidation sites excluding steroid dienone is 10. The van der Waals surface area contributed by atoms with Crippen LogP contribution < -0.4 is 0 Å². The van der Waals surface area contributed by atoms with E-state index in [9.17, 15) is 14.4 Å². The maximum absolute atomic E-state index is 12.9. The van der Waals surface area contributed by atoms with E-state index < -0.39 is 6.10 Å². The minimum absolute atomic E-state index is 0.0966. The minimum atomic E-state index is -0.806. The molecule has 6 nitrogen and oxygen atoms in total. The van der Waals surface area contributed by atoms with Gasteiger partial charge in [-0.3, -0.25) is 14.4 Å². The van der Waals surface area contributed by atoms with Crippen molar-refractivity contribution >= 4 is 17.9 Å². The summed E-state index contributed by atoms with van der Waals surface area (Å²) >= 11 is 0. The number of unbranched alkanes of at least 4 members (excludes halogenated alkanes) is 36. The fourth-order valence-corrected chi connectivity index (χ4v) is 9.10. The number of hydrogen-bond donors (Lipinski definition) is 0. The standard InChI is InChI=1S/C66H118O6/c1-4-7-10-13-16-19-22-25-27-29-30-31-32-33-34-35-36-37-39-41-44-47-50-53-56-59-65(68)71-62-63(61-70-64(67)58-55-52-49-46-43-40-24-21-18-15-12-9-6-3)72-66(69)60-57-54-51-48-45-42-38-28-26-23-20-17-14-11-8-5-2/h9,12,18,21,28,38,40,43,49,52,63H,4-8,10-11,13-17,19-20,22-27,29-37,39,41-42,44-48,50-51,53-62H2,1-3H3/b12-9-,21-18-,38-28-,43-40-,52-49-. The highest BCUT2D eigenvalue weighted by molar-refractivity contribution is 5.71. The highest BCUT2D eigenvalue weighted by Crippen LogP contribution is 2.17. The molecule has 0 bridgehead atoms. The minimum Gasteiger partial charge on any atom is -0.462 e. The van der Waals surface area contributed by atoms with Crippen molar-refractivity contribution in [2.24, 2.45) is 0 Å². The Morgan fingerprint density at radius 2 is 0.569 bits per heavy atom. The Hall–Kier alpha value is -2.89. The summed E-state index contributed by atoms with van der Waals surface area (Å²) in [6.45, 7) is 6.49. The first kappa shape index (κ1) is 69.1. The number of carbonyl (C=O) groups is 3. The van der Waals surface area contributed by atoms with Gasteiger partial charge in [-0.1, -0.05) is 293 Å². The molecule has 0 saturated heterocycles. The first-order valence-corrected chi connectivity index (χ1v) is 31.3. The quantitative estimate of drug-likeness (QED) is 0.0261. The Morgan fingerprint density at radius 3 is 0.931 bits per heavy atom. The first-order valence-electron chi connectivity index (χ1n) is 31.3. The van der Waals surface area contributed by atoms with Crippen LogP contribution >= 0.6 is 0 Å². The Balaban J connectivity index is 4.28. The molecule has 6 heteroatoms. The van der Waals surface area contributed by atoms with Crippen LogP contribution in [0.1, 0.15) is 323 Å². The number of esters is 3. The zero-order valence-electron chi connectivity index (χ0n) is 47.9.